The molecule has 5 rings (SSSR count). The number of nitrogens with one attached hydrogen (secondary N) is 1. The van der Waals surface area contributed by atoms with Crippen molar-refractivity contribution in [2.45, 2.75) is 32.1 Å². The van der Waals surface area contributed by atoms with Crippen molar-refractivity contribution in [3.05, 3.63) is 119 Å². The van der Waals surface area contributed by atoms with E-state index in [1.54, 1.807) is 4.90 Å². The van der Waals surface area contributed by atoms with Gasteiger partial charge >= 0.3 is 12.2 Å². The quantitative estimate of drug-likeness (QED) is 0.334. The van der Waals surface area contributed by atoms with Crippen LogP contribution in [-0.2, 0) is 19.1 Å². The largest absolute Gasteiger partial charge is 0.416 e. The first-order valence-electron chi connectivity index (χ1n) is 11.4. The van der Waals surface area contributed by atoms with Crippen molar-refractivity contribution in [2.75, 3.05) is 5.32 Å². The summed E-state index contributed by atoms with van der Waals surface area (Å²) in [5.74, 6) is 0. The van der Waals surface area contributed by atoms with E-state index in [-0.39, 0.29) is 5.69 Å². The number of amides is 2. The van der Waals surface area contributed by atoms with E-state index in [2.05, 4.69) is 16.8 Å². The van der Waals surface area contributed by atoms with Gasteiger partial charge in [0.15, 0.2) is 0 Å². The Morgan fingerprint density at radius 2 is 1.74 bits per heavy atom. The summed E-state index contributed by atoms with van der Waals surface area (Å²) in [5.41, 5.74) is 4.21. The van der Waals surface area contributed by atoms with Crippen LogP contribution in [0.5, 0.6) is 0 Å². The summed E-state index contributed by atoms with van der Waals surface area (Å²) in [6.07, 6.45) is -1.63. The van der Waals surface area contributed by atoms with Gasteiger partial charge in [0.25, 0.3) is 0 Å². The number of rotatable bonds is 3. The number of aromatic nitrogens is 1. The van der Waals surface area contributed by atoms with Gasteiger partial charge in [0.1, 0.15) is 0 Å². The summed E-state index contributed by atoms with van der Waals surface area (Å²) < 4.78 is 41.8. The zero-order chi connectivity index (χ0) is 24.6. The molecule has 1 unspecified atom stereocenters. The van der Waals surface area contributed by atoms with Gasteiger partial charge in [-0.1, -0.05) is 55.5 Å². The Balaban J connectivity index is 1.58. The number of benzene rings is 3. The number of anilines is 1. The number of halogens is 3. The van der Waals surface area contributed by atoms with E-state index in [0.29, 0.717) is 6.54 Å². The fourth-order valence-electron chi connectivity index (χ4n) is 4.59. The number of fused-ring (bicyclic) bond motifs is 3. The lowest BCUT2D eigenvalue weighted by molar-refractivity contribution is -0.137. The Labute approximate surface area is 201 Å². The second-order valence-electron chi connectivity index (χ2n) is 8.57. The number of hydrogen-bond donors (Lipinski definition) is 1. The molecular weight excluding hydrogens is 451 g/mol. The van der Waals surface area contributed by atoms with Crippen molar-refractivity contribution < 1.29 is 18.0 Å². The van der Waals surface area contributed by atoms with Crippen LogP contribution in [0, 0.1) is 0 Å². The van der Waals surface area contributed by atoms with Crippen molar-refractivity contribution in [3.63, 3.8) is 0 Å². The highest BCUT2D eigenvalue weighted by Crippen LogP contribution is 2.37. The molecule has 1 atom stereocenters. The maximum Gasteiger partial charge on any atom is 0.416 e. The molecule has 178 valence electrons. The minimum Gasteiger partial charge on any atom is -0.318 e. The molecule has 2 amide bonds. The molecule has 0 saturated carbocycles. The molecule has 3 aromatic carbocycles. The number of urea groups is 1. The van der Waals surface area contributed by atoms with E-state index < -0.39 is 23.8 Å². The highest BCUT2D eigenvalue weighted by molar-refractivity contribution is 5.90. The van der Waals surface area contributed by atoms with Gasteiger partial charge in [0.05, 0.1) is 23.8 Å². The number of aryl methyl sites for hydroxylation is 1. The Bertz CT molecular complexity index is 1360. The number of nitrogens with zero attached hydrogens (tertiary/aromatic N) is 2. The summed E-state index contributed by atoms with van der Waals surface area (Å²) in [4.78, 5) is 15.3. The first kappa shape index (κ1) is 22.8. The predicted molar refractivity (Wildman–Crippen MR) is 129 cm³/mol. The summed E-state index contributed by atoms with van der Waals surface area (Å²) in [7, 11) is 0. The van der Waals surface area contributed by atoms with Crippen molar-refractivity contribution in [2.24, 2.45) is 0 Å². The van der Waals surface area contributed by atoms with Gasteiger partial charge in [-0.05, 0) is 59.5 Å². The normalized spacial score (nSPS) is 15.2. The number of hydrogen-bond acceptors (Lipinski definition) is 1. The highest BCUT2D eigenvalue weighted by Gasteiger charge is 2.34. The van der Waals surface area contributed by atoms with Crippen molar-refractivity contribution >= 4 is 11.7 Å². The minimum atomic E-state index is -4.49. The average Bonchev–Trinajstić information content (AvgIpc) is 3.28. The first-order valence-corrected chi connectivity index (χ1v) is 11.4. The van der Waals surface area contributed by atoms with Gasteiger partial charge in [0, 0.05) is 17.6 Å². The van der Waals surface area contributed by atoms with Crippen LogP contribution in [0.2, 0.25) is 0 Å². The second kappa shape index (κ2) is 8.98. The van der Waals surface area contributed by atoms with Crippen LogP contribution >= 0.6 is 0 Å². The molecule has 0 spiro atoms. The molecule has 0 radical (unpaired) electrons. The first-order chi connectivity index (χ1) is 16.8. The molecule has 0 bridgehead atoms. The van der Waals surface area contributed by atoms with E-state index in [0.717, 1.165) is 41.1 Å². The predicted octanol–water partition coefficient (Wildman–Crippen LogP) is 7.20. The second-order valence-corrected chi connectivity index (χ2v) is 8.57. The topological polar surface area (TPSA) is 37.3 Å². The Kier molecular flexibility index (Phi) is 5.84. The Morgan fingerprint density at radius 1 is 0.971 bits per heavy atom. The molecule has 1 aliphatic rings. The molecule has 7 heteroatoms. The van der Waals surface area contributed by atoms with Gasteiger partial charge in [-0.2, -0.15) is 13.2 Å². The summed E-state index contributed by atoms with van der Waals surface area (Å²) in [5, 5.41) is 2.71. The fourth-order valence-corrected chi connectivity index (χ4v) is 4.59. The highest BCUT2D eigenvalue weighted by atomic mass is 19.4. The van der Waals surface area contributed by atoms with Crippen LogP contribution in [0.1, 0.15) is 40.9 Å². The Hall–Kier alpha value is -4.00. The number of carbonyl (C=O) groups is 1. The van der Waals surface area contributed by atoms with Crippen LogP contribution < -0.4 is 5.32 Å². The summed E-state index contributed by atoms with van der Waals surface area (Å²) in [6, 6.07) is 23.7. The third-order valence-corrected chi connectivity index (χ3v) is 6.37. The van der Waals surface area contributed by atoms with E-state index >= 15 is 0 Å². The van der Waals surface area contributed by atoms with E-state index in [1.165, 1.54) is 17.7 Å². The van der Waals surface area contributed by atoms with Crippen LogP contribution in [0.25, 0.3) is 5.69 Å². The third-order valence-electron chi connectivity index (χ3n) is 6.37. The van der Waals surface area contributed by atoms with E-state index in [9.17, 15) is 18.0 Å². The standard InChI is InChI=1S/C28H24F3N3O/c1-2-19-12-14-20(15-13-19)26-25-11-6-16-33(25)24-10-4-3-7-21(24)18-34(26)27(35)32-23-9-5-8-22(17-23)28(29,30)31/h3-17,26H,2,18H2,1H3,(H,32,35). The molecule has 0 saturated heterocycles. The zero-order valence-electron chi connectivity index (χ0n) is 19.1. The van der Waals surface area contributed by atoms with Crippen LogP contribution in [0.15, 0.2) is 91.1 Å². The Morgan fingerprint density at radius 3 is 2.49 bits per heavy atom. The summed E-state index contributed by atoms with van der Waals surface area (Å²) >= 11 is 0. The van der Waals surface area contributed by atoms with Crippen molar-refractivity contribution in [3.8, 4) is 5.69 Å². The molecule has 0 aliphatic carbocycles. The number of para-hydroxylation sites is 1. The SMILES string of the molecule is CCc1ccc(C2c3cccn3-c3ccccc3CN2C(=O)Nc2cccc(C(F)(F)F)c2)cc1. The molecule has 1 N–H and O–H groups in total. The van der Waals surface area contributed by atoms with Gasteiger partial charge in [0.2, 0.25) is 0 Å². The third kappa shape index (κ3) is 4.41. The number of alkyl halides is 3. The van der Waals surface area contributed by atoms with E-state index in [1.807, 2.05) is 66.9 Å². The lowest BCUT2D eigenvalue weighted by Gasteiger charge is -2.31. The maximum atomic E-state index is 13.7. The molecular formula is C28H24F3N3O. The van der Waals surface area contributed by atoms with Crippen molar-refractivity contribution in [1.29, 1.82) is 0 Å². The molecule has 4 aromatic rings. The minimum absolute atomic E-state index is 0.0952. The van der Waals surface area contributed by atoms with E-state index in [4.69, 9.17) is 0 Å². The molecule has 2 heterocycles. The van der Waals surface area contributed by atoms with Crippen LogP contribution in [-0.4, -0.2) is 15.5 Å². The zero-order valence-corrected chi connectivity index (χ0v) is 19.1. The number of carbonyl (C=O) groups excluding carboxylic acids is 1. The lowest BCUT2D eigenvalue weighted by atomic mass is 10.00. The van der Waals surface area contributed by atoms with Gasteiger partial charge < -0.3 is 14.8 Å². The molecule has 1 aromatic heterocycles. The van der Waals surface area contributed by atoms with Gasteiger partial charge in [-0.15, -0.1) is 0 Å². The van der Waals surface area contributed by atoms with Gasteiger partial charge in [-0.3, -0.25) is 0 Å². The fraction of sp³-hybridized carbons (Fsp3) is 0.179. The maximum absolute atomic E-state index is 13.7. The van der Waals surface area contributed by atoms with Gasteiger partial charge in [-0.25, -0.2) is 4.79 Å². The van der Waals surface area contributed by atoms with Crippen molar-refractivity contribution in [1.82, 2.24) is 9.47 Å². The smallest absolute Gasteiger partial charge is 0.318 e. The lowest BCUT2D eigenvalue weighted by Crippen LogP contribution is -2.38. The molecule has 4 nitrogen and oxygen atoms in total. The monoisotopic (exact) mass is 475 g/mol. The molecule has 0 fully saturated rings. The summed E-state index contributed by atoms with van der Waals surface area (Å²) in [6.45, 7) is 2.38. The average molecular weight is 476 g/mol. The molecule has 35 heavy (non-hydrogen) atoms. The van der Waals surface area contributed by atoms with Crippen LogP contribution in [0.3, 0.4) is 0 Å². The van der Waals surface area contributed by atoms with Crippen LogP contribution in [0.4, 0.5) is 23.7 Å². The molecule has 1 aliphatic heterocycles.